The number of rotatable bonds is 3. The smallest absolute Gasteiger partial charge is 0.0276 e. The van der Waals surface area contributed by atoms with E-state index in [9.17, 15) is 0 Å². The highest BCUT2D eigenvalue weighted by atomic mass is 127. The van der Waals surface area contributed by atoms with Gasteiger partial charge in [0.05, 0.1) is 0 Å². The third-order valence-electron chi connectivity index (χ3n) is 4.14. The Kier molecular flexibility index (Phi) is 3.39. The fraction of sp³-hybridized carbons (Fsp3) is 0.786. The molecule has 0 spiro atoms. The van der Waals surface area contributed by atoms with E-state index in [0.29, 0.717) is 26.1 Å². The SMILES string of the molecule is CCC(C)(C)C1=IC(C2=CCC2C)CC1. The van der Waals surface area contributed by atoms with Gasteiger partial charge in [-0.05, 0) is 40.5 Å². The maximum absolute atomic E-state index is 2.51. The van der Waals surface area contributed by atoms with Gasteiger partial charge in [-0.1, -0.05) is 39.3 Å². The van der Waals surface area contributed by atoms with E-state index in [1.165, 1.54) is 25.7 Å². The maximum Gasteiger partial charge on any atom is 0.0276 e. The summed E-state index contributed by atoms with van der Waals surface area (Å²) in [4.78, 5) is 0. The highest BCUT2D eigenvalue weighted by Crippen LogP contribution is 2.45. The van der Waals surface area contributed by atoms with Gasteiger partial charge in [-0.3, -0.25) is 0 Å². The van der Waals surface area contributed by atoms with Gasteiger partial charge in [0, 0.05) is 3.92 Å². The number of alkyl halides is 1. The normalized spacial score (nSPS) is 31.5. The maximum atomic E-state index is 2.51. The molecule has 0 bridgehead atoms. The molecule has 1 aliphatic heterocycles. The predicted molar refractivity (Wildman–Crippen MR) is 78.0 cm³/mol. The van der Waals surface area contributed by atoms with Crippen molar-refractivity contribution in [2.45, 2.75) is 57.3 Å². The van der Waals surface area contributed by atoms with E-state index in [4.69, 9.17) is 0 Å². The zero-order valence-corrected chi connectivity index (χ0v) is 12.6. The van der Waals surface area contributed by atoms with Crippen LogP contribution in [0.3, 0.4) is 0 Å². The van der Waals surface area contributed by atoms with Crippen LogP contribution in [0.2, 0.25) is 0 Å². The van der Waals surface area contributed by atoms with Crippen LogP contribution in [-0.2, 0) is 0 Å². The van der Waals surface area contributed by atoms with Crippen LogP contribution in [0.4, 0.5) is 0 Å². The van der Waals surface area contributed by atoms with Crippen LogP contribution >= 0.6 is 20.7 Å². The van der Waals surface area contributed by atoms with Crippen molar-refractivity contribution in [2.75, 3.05) is 0 Å². The average molecular weight is 318 g/mol. The molecule has 2 unspecified atom stereocenters. The van der Waals surface area contributed by atoms with E-state index in [-0.39, 0.29) is 0 Å². The third-order valence-corrected chi connectivity index (χ3v) is 8.98. The molecule has 1 aliphatic carbocycles. The molecule has 0 fully saturated rings. The van der Waals surface area contributed by atoms with Crippen LogP contribution in [0.25, 0.3) is 0 Å². The highest BCUT2D eigenvalue weighted by Gasteiger charge is 2.32. The van der Waals surface area contributed by atoms with Crippen molar-refractivity contribution >= 4 is 24.2 Å². The Morgan fingerprint density at radius 3 is 2.67 bits per heavy atom. The molecule has 86 valence electrons. The van der Waals surface area contributed by atoms with Crippen LogP contribution < -0.4 is 0 Å². The first-order valence-corrected chi connectivity index (χ1v) is 8.56. The van der Waals surface area contributed by atoms with Crippen LogP contribution in [0, 0.1) is 11.3 Å². The molecule has 0 amide bonds. The minimum atomic E-state index is 0.340. The van der Waals surface area contributed by atoms with E-state index in [2.05, 4.69) is 33.8 Å². The Hall–Kier alpha value is 0.340. The molecule has 0 saturated carbocycles. The van der Waals surface area contributed by atoms with Crippen LogP contribution in [0.1, 0.15) is 53.4 Å². The third kappa shape index (κ3) is 2.22. The molecule has 0 saturated heterocycles. The number of hydrogen-bond donors (Lipinski definition) is 0. The Bertz CT molecular complexity index is 309. The predicted octanol–water partition coefficient (Wildman–Crippen LogP) is 4.69. The summed E-state index contributed by atoms with van der Waals surface area (Å²) in [6.45, 7) is 9.64. The first kappa shape index (κ1) is 11.8. The molecular weight excluding hydrogens is 295 g/mol. The number of halogens is 1. The highest BCUT2D eigenvalue weighted by molar-refractivity contribution is 14.2. The van der Waals surface area contributed by atoms with Crippen molar-refractivity contribution in [3.63, 3.8) is 0 Å². The largest absolute Gasteiger partial charge is 0.115 e. The fourth-order valence-corrected chi connectivity index (χ4v) is 6.96. The molecule has 0 radical (unpaired) electrons. The molecular formula is C14H23I. The van der Waals surface area contributed by atoms with Crippen LogP contribution in [0.15, 0.2) is 11.6 Å². The van der Waals surface area contributed by atoms with Gasteiger partial charge in [-0.2, -0.15) is 0 Å². The first-order valence-electron chi connectivity index (χ1n) is 6.24. The molecule has 1 heterocycles. The lowest BCUT2D eigenvalue weighted by atomic mass is 9.81. The van der Waals surface area contributed by atoms with Crippen molar-refractivity contribution in [2.24, 2.45) is 11.3 Å². The second-order valence-corrected chi connectivity index (χ2v) is 9.03. The Balaban J connectivity index is 2.09. The van der Waals surface area contributed by atoms with Crippen molar-refractivity contribution in [3.8, 4) is 0 Å². The number of allylic oxidation sites excluding steroid dienone is 2. The second kappa shape index (κ2) is 4.31. The van der Waals surface area contributed by atoms with Gasteiger partial charge in [-0.25, -0.2) is 0 Å². The lowest BCUT2D eigenvalue weighted by Crippen LogP contribution is -2.19. The molecule has 0 aromatic carbocycles. The summed E-state index contributed by atoms with van der Waals surface area (Å²) in [5, 5.41) is 0. The molecule has 1 heteroatoms. The molecule has 0 N–H and O–H groups in total. The Morgan fingerprint density at radius 1 is 1.47 bits per heavy atom. The van der Waals surface area contributed by atoms with Crippen LogP contribution in [0.5, 0.6) is 0 Å². The van der Waals surface area contributed by atoms with E-state index in [1.54, 1.807) is 0 Å². The summed E-state index contributed by atoms with van der Waals surface area (Å²) < 4.78 is 2.96. The second-order valence-electron chi connectivity index (χ2n) is 5.60. The quantitative estimate of drug-likeness (QED) is 0.402. The minimum Gasteiger partial charge on any atom is -0.115 e. The van der Waals surface area contributed by atoms with Crippen molar-refractivity contribution < 1.29 is 0 Å². The summed E-state index contributed by atoms with van der Waals surface area (Å²) in [6, 6.07) is 0. The molecule has 0 aromatic rings. The number of hydrogen-bond acceptors (Lipinski definition) is 0. The van der Waals surface area contributed by atoms with Crippen molar-refractivity contribution in [1.29, 1.82) is 0 Å². The molecule has 15 heavy (non-hydrogen) atoms. The average Bonchev–Trinajstić information content (AvgIpc) is 2.65. The van der Waals surface area contributed by atoms with Crippen molar-refractivity contribution in [1.82, 2.24) is 0 Å². The summed E-state index contributed by atoms with van der Waals surface area (Å²) in [7, 11) is 0. The monoisotopic (exact) mass is 318 g/mol. The van der Waals surface area contributed by atoms with Gasteiger partial charge < -0.3 is 0 Å². The van der Waals surface area contributed by atoms with Gasteiger partial charge in [0.1, 0.15) is 0 Å². The summed E-state index contributed by atoms with van der Waals surface area (Å²) in [5.74, 6) is 0.916. The van der Waals surface area contributed by atoms with E-state index in [1.807, 2.05) is 9.08 Å². The van der Waals surface area contributed by atoms with Crippen molar-refractivity contribution in [3.05, 3.63) is 11.6 Å². The molecule has 2 aliphatic rings. The standard InChI is InChI=1S/C14H23I/c1-5-14(3,4)13-9-8-12(15-13)11-7-6-10(11)2/h7,10,12H,5-6,8-9H2,1-4H3. The Labute approximate surface area is 104 Å². The Morgan fingerprint density at radius 2 is 2.20 bits per heavy atom. The van der Waals surface area contributed by atoms with E-state index < -0.39 is 0 Å². The van der Waals surface area contributed by atoms with Gasteiger partial charge in [-0.15, -0.1) is 20.7 Å². The molecule has 2 atom stereocenters. The first-order chi connectivity index (χ1) is 7.04. The van der Waals surface area contributed by atoms with Gasteiger partial charge in [0.15, 0.2) is 0 Å². The molecule has 0 aromatic heterocycles. The van der Waals surface area contributed by atoms with Gasteiger partial charge >= 0.3 is 0 Å². The summed E-state index contributed by atoms with van der Waals surface area (Å²) in [6.07, 6.45) is 8.09. The zero-order valence-electron chi connectivity index (χ0n) is 10.4. The topological polar surface area (TPSA) is 0 Å². The lowest BCUT2D eigenvalue weighted by molar-refractivity contribution is 0.501. The fourth-order valence-electron chi connectivity index (χ4n) is 2.36. The molecule has 2 rings (SSSR count). The van der Waals surface area contributed by atoms with E-state index in [0.717, 1.165) is 9.84 Å². The van der Waals surface area contributed by atoms with Crippen LogP contribution in [-0.4, -0.2) is 7.43 Å². The zero-order chi connectivity index (χ0) is 11.1. The summed E-state index contributed by atoms with van der Waals surface area (Å²) in [5.41, 5.74) is 2.36. The van der Waals surface area contributed by atoms with E-state index >= 15 is 0 Å². The lowest BCUT2D eigenvalue weighted by Gasteiger charge is -2.27. The minimum absolute atomic E-state index is 0.340. The van der Waals surface area contributed by atoms with Gasteiger partial charge in [0.25, 0.3) is 0 Å². The van der Waals surface area contributed by atoms with Gasteiger partial charge in [0.2, 0.25) is 0 Å². The molecule has 0 nitrogen and oxygen atoms in total. The summed E-state index contributed by atoms with van der Waals surface area (Å²) >= 11 is 0.340.